The van der Waals surface area contributed by atoms with Crippen molar-refractivity contribution < 1.29 is 4.74 Å². The largest absolute Gasteiger partial charge is 0.490 e. The lowest BCUT2D eigenvalue weighted by Crippen LogP contribution is -2.29. The summed E-state index contributed by atoms with van der Waals surface area (Å²) in [6, 6.07) is 8.19. The molecule has 2 nitrogen and oxygen atoms in total. The first kappa shape index (κ1) is 13.4. The summed E-state index contributed by atoms with van der Waals surface area (Å²) in [5.74, 6) is 2.50. The van der Waals surface area contributed by atoms with E-state index in [-0.39, 0.29) is 6.04 Å². The van der Waals surface area contributed by atoms with E-state index in [9.17, 15) is 0 Å². The van der Waals surface area contributed by atoms with E-state index in [1.165, 1.54) is 6.42 Å². The molecule has 2 unspecified atom stereocenters. The molecule has 0 saturated heterocycles. The summed E-state index contributed by atoms with van der Waals surface area (Å²) in [5, 5.41) is 0. The fraction of sp³-hybridized carbons (Fsp3) is 0.625. The van der Waals surface area contributed by atoms with Crippen LogP contribution in [0.1, 0.15) is 51.6 Å². The van der Waals surface area contributed by atoms with Crippen LogP contribution in [0.4, 0.5) is 0 Å². The average Bonchev–Trinajstić information content (AvgIpc) is 2.27. The first-order valence-electron chi connectivity index (χ1n) is 7.07. The van der Waals surface area contributed by atoms with E-state index in [0.29, 0.717) is 6.10 Å². The van der Waals surface area contributed by atoms with Crippen LogP contribution in [0.15, 0.2) is 24.3 Å². The van der Waals surface area contributed by atoms with Crippen molar-refractivity contribution in [3.05, 3.63) is 29.8 Å². The van der Waals surface area contributed by atoms with Crippen molar-refractivity contribution in [3.63, 3.8) is 0 Å². The predicted octanol–water partition coefficient (Wildman–Crippen LogP) is 3.91. The van der Waals surface area contributed by atoms with Crippen LogP contribution in [0.3, 0.4) is 0 Å². The molecule has 1 aromatic carbocycles. The zero-order valence-corrected chi connectivity index (χ0v) is 11.7. The summed E-state index contributed by atoms with van der Waals surface area (Å²) in [7, 11) is 0. The van der Waals surface area contributed by atoms with E-state index in [4.69, 9.17) is 10.5 Å². The molecule has 1 aromatic rings. The molecule has 0 aromatic heterocycles. The third-order valence-corrected chi connectivity index (χ3v) is 3.84. The normalized spacial score (nSPS) is 29.9. The summed E-state index contributed by atoms with van der Waals surface area (Å²) in [5.41, 5.74) is 7.11. The van der Waals surface area contributed by atoms with E-state index in [2.05, 4.69) is 19.9 Å². The van der Waals surface area contributed by atoms with Crippen molar-refractivity contribution in [1.29, 1.82) is 0 Å². The molecule has 1 aliphatic carbocycles. The van der Waals surface area contributed by atoms with Gasteiger partial charge >= 0.3 is 0 Å². The van der Waals surface area contributed by atoms with Crippen LogP contribution in [0, 0.1) is 11.8 Å². The molecule has 1 fully saturated rings. The van der Waals surface area contributed by atoms with Crippen LogP contribution in [0.2, 0.25) is 0 Å². The minimum atomic E-state index is 0.0274. The average molecular weight is 247 g/mol. The number of para-hydroxylation sites is 1. The second kappa shape index (κ2) is 5.75. The van der Waals surface area contributed by atoms with Crippen molar-refractivity contribution in [3.8, 4) is 5.75 Å². The Morgan fingerprint density at radius 2 is 1.72 bits per heavy atom. The molecule has 2 heteroatoms. The van der Waals surface area contributed by atoms with Gasteiger partial charge in [-0.1, -0.05) is 32.0 Å². The van der Waals surface area contributed by atoms with Crippen LogP contribution in [-0.4, -0.2) is 6.10 Å². The van der Waals surface area contributed by atoms with Gasteiger partial charge in [-0.3, -0.25) is 0 Å². The van der Waals surface area contributed by atoms with Gasteiger partial charge in [-0.15, -0.1) is 0 Å². The minimum Gasteiger partial charge on any atom is -0.490 e. The summed E-state index contributed by atoms with van der Waals surface area (Å²) in [4.78, 5) is 0. The highest BCUT2D eigenvalue weighted by Crippen LogP contribution is 2.33. The van der Waals surface area contributed by atoms with E-state index in [0.717, 1.165) is 36.0 Å². The van der Waals surface area contributed by atoms with Gasteiger partial charge in [-0.2, -0.15) is 0 Å². The Morgan fingerprint density at radius 3 is 2.33 bits per heavy atom. The number of rotatable bonds is 3. The molecule has 0 amide bonds. The van der Waals surface area contributed by atoms with Gasteiger partial charge in [0, 0.05) is 11.6 Å². The Balaban J connectivity index is 2.09. The summed E-state index contributed by atoms with van der Waals surface area (Å²) < 4.78 is 6.21. The number of hydrogen-bond donors (Lipinski definition) is 1. The Bertz CT molecular complexity index is 378. The second-order valence-corrected chi connectivity index (χ2v) is 5.98. The SMILES string of the molecule is CC1CC(C)CC(Oc2ccccc2[C@H](C)N)C1. The van der Waals surface area contributed by atoms with Crippen molar-refractivity contribution in [2.24, 2.45) is 17.6 Å². The standard InChI is InChI=1S/C16H25NO/c1-11-8-12(2)10-14(9-11)18-16-7-5-4-6-15(16)13(3)17/h4-7,11-14H,8-10,17H2,1-3H3/t11?,12?,13-,14?/m0/s1. The van der Waals surface area contributed by atoms with Gasteiger partial charge in [0.15, 0.2) is 0 Å². The van der Waals surface area contributed by atoms with Gasteiger partial charge in [0.05, 0.1) is 6.10 Å². The predicted molar refractivity (Wildman–Crippen MR) is 75.6 cm³/mol. The number of ether oxygens (including phenoxy) is 1. The van der Waals surface area contributed by atoms with E-state index < -0.39 is 0 Å². The molecule has 18 heavy (non-hydrogen) atoms. The third kappa shape index (κ3) is 3.26. The maximum atomic E-state index is 6.21. The molecule has 0 bridgehead atoms. The number of nitrogens with two attached hydrogens (primary N) is 1. The van der Waals surface area contributed by atoms with Gasteiger partial charge < -0.3 is 10.5 Å². The first-order valence-corrected chi connectivity index (χ1v) is 7.07. The maximum Gasteiger partial charge on any atom is 0.124 e. The van der Waals surface area contributed by atoms with Crippen LogP contribution < -0.4 is 10.5 Å². The lowest BCUT2D eigenvalue weighted by atomic mass is 9.82. The lowest BCUT2D eigenvalue weighted by Gasteiger charge is -2.32. The van der Waals surface area contributed by atoms with Crippen LogP contribution in [0.25, 0.3) is 0 Å². The van der Waals surface area contributed by atoms with Crippen molar-refractivity contribution in [1.82, 2.24) is 0 Å². The Hall–Kier alpha value is -1.02. The van der Waals surface area contributed by atoms with E-state index in [1.54, 1.807) is 0 Å². The molecule has 2 N–H and O–H groups in total. The molecule has 2 rings (SSSR count). The molecule has 3 atom stereocenters. The van der Waals surface area contributed by atoms with Crippen molar-refractivity contribution in [2.45, 2.75) is 52.2 Å². The molecular weight excluding hydrogens is 222 g/mol. The first-order chi connectivity index (χ1) is 8.56. The van der Waals surface area contributed by atoms with Crippen LogP contribution in [-0.2, 0) is 0 Å². The minimum absolute atomic E-state index is 0.0274. The zero-order chi connectivity index (χ0) is 13.1. The molecule has 1 aliphatic rings. The summed E-state index contributed by atoms with van der Waals surface area (Å²) in [6.45, 7) is 6.65. The highest BCUT2D eigenvalue weighted by molar-refractivity contribution is 5.35. The zero-order valence-electron chi connectivity index (χ0n) is 11.7. The quantitative estimate of drug-likeness (QED) is 0.879. The highest BCUT2D eigenvalue weighted by Gasteiger charge is 2.25. The molecular formula is C16H25NO. The lowest BCUT2D eigenvalue weighted by molar-refractivity contribution is 0.0998. The van der Waals surface area contributed by atoms with Gasteiger partial charge in [0.2, 0.25) is 0 Å². The Kier molecular flexibility index (Phi) is 4.28. The molecule has 0 heterocycles. The summed E-state index contributed by atoms with van der Waals surface area (Å²) >= 11 is 0. The van der Waals surface area contributed by atoms with Gasteiger partial charge in [-0.05, 0) is 44.1 Å². The molecule has 0 aliphatic heterocycles. The highest BCUT2D eigenvalue weighted by atomic mass is 16.5. The van der Waals surface area contributed by atoms with Gasteiger partial charge in [0.25, 0.3) is 0 Å². The van der Waals surface area contributed by atoms with Crippen molar-refractivity contribution >= 4 is 0 Å². The van der Waals surface area contributed by atoms with Crippen LogP contribution in [0.5, 0.6) is 5.75 Å². The second-order valence-electron chi connectivity index (χ2n) is 5.98. The third-order valence-electron chi connectivity index (χ3n) is 3.84. The fourth-order valence-electron chi connectivity index (χ4n) is 3.11. The smallest absolute Gasteiger partial charge is 0.124 e. The van der Waals surface area contributed by atoms with Crippen molar-refractivity contribution in [2.75, 3.05) is 0 Å². The van der Waals surface area contributed by atoms with Gasteiger partial charge in [0.1, 0.15) is 5.75 Å². The number of benzene rings is 1. The summed E-state index contributed by atoms with van der Waals surface area (Å²) in [6.07, 6.45) is 4.01. The van der Waals surface area contributed by atoms with Crippen LogP contribution >= 0.6 is 0 Å². The molecule has 1 saturated carbocycles. The molecule has 0 spiro atoms. The van der Waals surface area contributed by atoms with E-state index >= 15 is 0 Å². The monoisotopic (exact) mass is 247 g/mol. The Morgan fingerprint density at radius 1 is 1.11 bits per heavy atom. The van der Waals surface area contributed by atoms with Gasteiger partial charge in [-0.25, -0.2) is 0 Å². The van der Waals surface area contributed by atoms with E-state index in [1.807, 2.05) is 25.1 Å². The fourth-order valence-corrected chi connectivity index (χ4v) is 3.11. The molecule has 100 valence electrons. The molecule has 0 radical (unpaired) electrons. The number of hydrogen-bond acceptors (Lipinski definition) is 2. The maximum absolute atomic E-state index is 6.21. The topological polar surface area (TPSA) is 35.2 Å². The Labute approximate surface area is 111 Å².